The fourth-order valence-electron chi connectivity index (χ4n) is 6.33. The molecule has 1 aliphatic heterocycles. The molecule has 5 amide bonds. The van der Waals surface area contributed by atoms with Gasteiger partial charge in [-0.2, -0.15) is 18.5 Å². The lowest BCUT2D eigenvalue weighted by atomic mass is 9.80. The van der Waals surface area contributed by atoms with Gasteiger partial charge in [0.25, 0.3) is 5.91 Å². The van der Waals surface area contributed by atoms with Crippen molar-refractivity contribution in [3.05, 3.63) is 0 Å². The number of carbonyl (C=O) groups is 6. The average molecular weight is 661 g/mol. The highest BCUT2D eigenvalue weighted by Crippen LogP contribution is 2.65. The monoisotopic (exact) mass is 660 g/mol. The molecule has 0 spiro atoms. The van der Waals surface area contributed by atoms with Gasteiger partial charge in [-0.3, -0.25) is 19.2 Å². The van der Waals surface area contributed by atoms with Crippen molar-refractivity contribution in [3.8, 4) is 0 Å². The SMILES string of the molecule is CC(C)(C)OC(=O)C(NC(=O)N[C@H](C(=O)N1C[C@H]2[C@@H]([C@H]1C(=O)NC(CC1CCC1)C(=O)C(N)=O)C2(C)C)C(C)(C)C)NC(F)(F)F. The molecule has 0 radical (unpaired) electrons. The van der Waals surface area contributed by atoms with Crippen molar-refractivity contribution in [2.24, 2.45) is 34.3 Å². The maximum Gasteiger partial charge on any atom is 0.459 e. The van der Waals surface area contributed by atoms with Crippen LogP contribution in [0.15, 0.2) is 0 Å². The highest BCUT2D eigenvalue weighted by Gasteiger charge is 2.70. The minimum atomic E-state index is -5.07. The summed E-state index contributed by atoms with van der Waals surface area (Å²) in [6, 6.07) is -4.82. The predicted octanol–water partition coefficient (Wildman–Crippen LogP) is 1.69. The quantitative estimate of drug-likeness (QED) is 0.0958. The molecule has 0 aromatic carbocycles. The first-order valence-corrected chi connectivity index (χ1v) is 15.4. The Kier molecular flexibility index (Phi) is 10.5. The van der Waals surface area contributed by atoms with Crippen molar-refractivity contribution in [2.75, 3.05) is 6.54 Å². The van der Waals surface area contributed by atoms with Crippen LogP contribution in [0.5, 0.6) is 0 Å². The topological polar surface area (TPSA) is 189 Å². The molecular formula is C30H47F3N6O7. The fraction of sp³-hybridized carbons (Fsp3) is 0.800. The number of nitrogens with one attached hydrogen (secondary N) is 4. The highest BCUT2D eigenvalue weighted by atomic mass is 19.4. The number of ether oxygens (including phenoxy) is 1. The van der Waals surface area contributed by atoms with Gasteiger partial charge in [-0.15, -0.1) is 0 Å². The van der Waals surface area contributed by atoms with Gasteiger partial charge in [0.2, 0.25) is 17.6 Å². The number of fused-ring (bicyclic) bond motifs is 1. The minimum Gasteiger partial charge on any atom is -0.457 e. The second kappa shape index (κ2) is 13.0. The normalized spacial score (nSPS) is 24.4. The zero-order valence-electron chi connectivity index (χ0n) is 27.6. The Labute approximate surface area is 266 Å². The third-order valence-electron chi connectivity index (χ3n) is 9.04. The number of likely N-dealkylation sites (tertiary alicyclic amines) is 1. The Balaban J connectivity index is 1.83. The number of amides is 5. The second-order valence-corrected chi connectivity index (χ2v) is 15.2. The Morgan fingerprint density at radius 1 is 0.957 bits per heavy atom. The van der Waals surface area contributed by atoms with Crippen molar-refractivity contribution >= 4 is 35.5 Å². The van der Waals surface area contributed by atoms with Gasteiger partial charge in [-0.1, -0.05) is 53.9 Å². The number of alkyl halides is 3. The summed E-state index contributed by atoms with van der Waals surface area (Å²) in [6.45, 7) is 13.2. The van der Waals surface area contributed by atoms with Gasteiger partial charge in [-0.25, -0.2) is 9.59 Å². The lowest BCUT2D eigenvalue weighted by molar-refractivity contribution is -0.183. The number of primary amides is 1. The van der Waals surface area contributed by atoms with Crippen LogP contribution < -0.4 is 27.0 Å². The summed E-state index contributed by atoms with van der Waals surface area (Å²) in [5.74, 6) is -5.05. The Morgan fingerprint density at radius 2 is 1.54 bits per heavy atom. The van der Waals surface area contributed by atoms with Crippen LogP contribution in [0, 0.1) is 28.6 Å². The molecular weight excluding hydrogens is 613 g/mol. The molecule has 2 unspecified atom stereocenters. The molecule has 260 valence electrons. The number of ketones is 1. The number of piperidine rings is 1. The first kappa shape index (κ1) is 37.0. The summed E-state index contributed by atoms with van der Waals surface area (Å²) in [4.78, 5) is 79.1. The first-order valence-electron chi connectivity index (χ1n) is 15.4. The van der Waals surface area contributed by atoms with E-state index in [1.807, 2.05) is 19.2 Å². The molecule has 3 fully saturated rings. The summed E-state index contributed by atoms with van der Waals surface area (Å²) >= 11 is 0. The minimum absolute atomic E-state index is 0.0777. The fourth-order valence-corrected chi connectivity index (χ4v) is 6.33. The Bertz CT molecular complexity index is 1240. The molecule has 6 atom stereocenters. The molecule has 3 aliphatic rings. The van der Waals surface area contributed by atoms with Crippen LogP contribution in [-0.4, -0.2) is 83.1 Å². The number of urea groups is 1. The van der Waals surface area contributed by atoms with E-state index in [-0.39, 0.29) is 36.1 Å². The summed E-state index contributed by atoms with van der Waals surface area (Å²) < 4.78 is 44.6. The molecule has 6 N–H and O–H groups in total. The zero-order chi connectivity index (χ0) is 35.2. The second-order valence-electron chi connectivity index (χ2n) is 15.2. The molecule has 16 heteroatoms. The smallest absolute Gasteiger partial charge is 0.457 e. The van der Waals surface area contributed by atoms with Crippen molar-refractivity contribution in [1.82, 2.24) is 26.2 Å². The largest absolute Gasteiger partial charge is 0.459 e. The van der Waals surface area contributed by atoms with E-state index >= 15 is 0 Å². The third-order valence-corrected chi connectivity index (χ3v) is 9.04. The van der Waals surface area contributed by atoms with E-state index in [1.54, 1.807) is 20.8 Å². The number of carbonyl (C=O) groups excluding carboxylic acids is 6. The number of esters is 1. The Hall–Kier alpha value is -3.43. The van der Waals surface area contributed by atoms with E-state index in [2.05, 4.69) is 10.6 Å². The van der Waals surface area contributed by atoms with Crippen LogP contribution in [0.3, 0.4) is 0 Å². The van der Waals surface area contributed by atoms with Crippen molar-refractivity contribution in [2.45, 2.75) is 117 Å². The molecule has 46 heavy (non-hydrogen) atoms. The molecule has 0 bridgehead atoms. The van der Waals surface area contributed by atoms with E-state index in [0.29, 0.717) is 0 Å². The number of Topliss-reactive ketones (excluding diaryl/α,β-unsaturated/α-hetero) is 1. The molecule has 1 saturated heterocycles. The van der Waals surface area contributed by atoms with Crippen LogP contribution in [0.4, 0.5) is 18.0 Å². The van der Waals surface area contributed by atoms with Crippen LogP contribution >= 0.6 is 0 Å². The molecule has 13 nitrogen and oxygen atoms in total. The standard InChI is InChI=1S/C30H47F3N6O7/c1-27(2,3)20(36-26(45)37-22(38-30(31,32)33)25(44)46-28(4,5)6)24(43)39-13-15-17(29(15,7)8)18(39)23(42)35-16(19(40)21(34)41)12-14-10-9-11-14/h14-18,20,22,38H,9-13H2,1-8H3,(H2,34,41)(H,35,42)(H2,36,37,45)/t15-,16?,17-,18-,20+,22?/m0/s1. The molecule has 2 saturated carbocycles. The summed E-state index contributed by atoms with van der Waals surface area (Å²) in [5, 5.41) is 8.01. The summed E-state index contributed by atoms with van der Waals surface area (Å²) in [6.07, 6.45) is -4.49. The van der Waals surface area contributed by atoms with Gasteiger partial charge in [0.15, 0.2) is 6.17 Å². The summed E-state index contributed by atoms with van der Waals surface area (Å²) in [5.41, 5.74) is 2.77. The van der Waals surface area contributed by atoms with Crippen molar-refractivity contribution < 1.29 is 46.7 Å². The van der Waals surface area contributed by atoms with Crippen LogP contribution in [-0.2, 0) is 28.7 Å². The number of nitrogens with two attached hydrogens (primary N) is 1. The Morgan fingerprint density at radius 3 is 2.00 bits per heavy atom. The first-order chi connectivity index (χ1) is 20.8. The summed E-state index contributed by atoms with van der Waals surface area (Å²) in [7, 11) is 0. The van der Waals surface area contributed by atoms with E-state index in [4.69, 9.17) is 10.5 Å². The molecule has 0 aromatic heterocycles. The maximum absolute atomic E-state index is 14.1. The maximum atomic E-state index is 14.1. The van der Waals surface area contributed by atoms with E-state index < -0.39 is 77.1 Å². The number of hydrogen-bond acceptors (Lipinski definition) is 8. The lowest BCUT2D eigenvalue weighted by Crippen LogP contribution is -2.64. The van der Waals surface area contributed by atoms with Crippen LogP contribution in [0.2, 0.25) is 0 Å². The average Bonchev–Trinajstić information content (AvgIpc) is 3.17. The van der Waals surface area contributed by atoms with Gasteiger partial charge < -0.3 is 31.3 Å². The van der Waals surface area contributed by atoms with E-state index in [1.165, 1.54) is 25.7 Å². The highest BCUT2D eigenvalue weighted by molar-refractivity contribution is 6.37. The van der Waals surface area contributed by atoms with Crippen molar-refractivity contribution in [3.63, 3.8) is 0 Å². The van der Waals surface area contributed by atoms with Crippen LogP contribution in [0.25, 0.3) is 0 Å². The zero-order valence-corrected chi connectivity index (χ0v) is 27.6. The number of hydrogen-bond donors (Lipinski definition) is 5. The third kappa shape index (κ3) is 8.88. The number of nitrogens with zero attached hydrogens (tertiary/aromatic N) is 1. The van der Waals surface area contributed by atoms with Crippen molar-refractivity contribution in [1.29, 1.82) is 0 Å². The van der Waals surface area contributed by atoms with Crippen LogP contribution in [0.1, 0.15) is 81.1 Å². The van der Waals surface area contributed by atoms with Gasteiger partial charge in [-0.05, 0) is 55.8 Å². The number of halogens is 3. The van der Waals surface area contributed by atoms with Gasteiger partial charge in [0, 0.05) is 6.54 Å². The predicted molar refractivity (Wildman–Crippen MR) is 158 cm³/mol. The molecule has 1 heterocycles. The van der Waals surface area contributed by atoms with Gasteiger partial charge >= 0.3 is 18.3 Å². The number of rotatable bonds is 11. The molecule has 0 aromatic rings. The van der Waals surface area contributed by atoms with Gasteiger partial charge in [0.1, 0.15) is 17.7 Å². The van der Waals surface area contributed by atoms with E-state index in [0.717, 1.165) is 24.6 Å². The lowest BCUT2D eigenvalue weighted by Gasteiger charge is -2.38. The molecule has 3 rings (SSSR count). The molecule has 2 aliphatic carbocycles. The van der Waals surface area contributed by atoms with Gasteiger partial charge in [0.05, 0.1) is 6.04 Å². The van der Waals surface area contributed by atoms with E-state index in [9.17, 15) is 41.9 Å².